The molecule has 0 aliphatic carbocycles. The van der Waals surface area contributed by atoms with Gasteiger partial charge in [-0.05, 0) is 6.07 Å². The van der Waals surface area contributed by atoms with Gasteiger partial charge in [-0.15, -0.1) is 0 Å². The minimum Gasteiger partial charge on any atom is -0.338 e. The lowest BCUT2D eigenvalue weighted by molar-refractivity contribution is -0.122. The molecule has 2 rings (SSSR count). The van der Waals surface area contributed by atoms with Gasteiger partial charge in [0, 0.05) is 23.0 Å². The Balaban J connectivity index is 2.42. The van der Waals surface area contributed by atoms with Crippen LogP contribution in [0.1, 0.15) is 13.8 Å². The monoisotopic (exact) mass is 235 g/mol. The van der Waals surface area contributed by atoms with Crippen molar-refractivity contribution in [3.8, 4) is 0 Å². The Kier molecular flexibility index (Phi) is 3.01. The van der Waals surface area contributed by atoms with Gasteiger partial charge < -0.3 is 4.57 Å². The topological polar surface area (TPSA) is 22.0 Å². The SMILES string of the molecule is CC(C)C(=O)Cn1cc(Cl)c2ccccc21. The number of nitrogens with zero attached hydrogens (tertiary/aromatic N) is 1. The Bertz CT molecular complexity index is 528. The van der Waals surface area contributed by atoms with E-state index in [4.69, 9.17) is 11.6 Å². The number of carbonyl (C=O) groups excluding carboxylic acids is 1. The quantitative estimate of drug-likeness (QED) is 0.798. The minimum atomic E-state index is 0.0555. The molecule has 1 aromatic heterocycles. The van der Waals surface area contributed by atoms with E-state index in [1.165, 1.54) is 0 Å². The third kappa shape index (κ3) is 1.98. The zero-order chi connectivity index (χ0) is 11.7. The van der Waals surface area contributed by atoms with E-state index in [-0.39, 0.29) is 11.7 Å². The summed E-state index contributed by atoms with van der Waals surface area (Å²) in [6, 6.07) is 7.85. The van der Waals surface area contributed by atoms with Gasteiger partial charge in [-0.2, -0.15) is 0 Å². The molecule has 0 radical (unpaired) electrons. The molecule has 84 valence electrons. The zero-order valence-corrected chi connectivity index (χ0v) is 10.2. The van der Waals surface area contributed by atoms with Gasteiger partial charge >= 0.3 is 0 Å². The van der Waals surface area contributed by atoms with E-state index in [2.05, 4.69) is 0 Å². The predicted molar refractivity (Wildman–Crippen MR) is 66.8 cm³/mol. The molecule has 0 fully saturated rings. The molecule has 2 aromatic rings. The minimum absolute atomic E-state index is 0.0555. The Morgan fingerprint density at radius 3 is 2.75 bits per heavy atom. The summed E-state index contributed by atoms with van der Waals surface area (Å²) in [6.07, 6.45) is 1.83. The van der Waals surface area contributed by atoms with Gasteiger partial charge in [-0.25, -0.2) is 0 Å². The first-order valence-electron chi connectivity index (χ1n) is 5.35. The first kappa shape index (κ1) is 11.2. The molecule has 0 spiro atoms. The van der Waals surface area contributed by atoms with Crippen molar-refractivity contribution in [3.63, 3.8) is 0 Å². The summed E-state index contributed by atoms with van der Waals surface area (Å²) in [4.78, 5) is 11.7. The average Bonchev–Trinajstić information content (AvgIpc) is 2.57. The Labute approximate surface area is 99.8 Å². The van der Waals surface area contributed by atoms with Crippen LogP contribution in [0.15, 0.2) is 30.5 Å². The normalized spacial score (nSPS) is 11.2. The summed E-state index contributed by atoms with van der Waals surface area (Å²) in [7, 11) is 0. The number of hydrogen-bond acceptors (Lipinski definition) is 1. The molecule has 1 aromatic carbocycles. The highest BCUT2D eigenvalue weighted by atomic mass is 35.5. The van der Waals surface area contributed by atoms with Crippen molar-refractivity contribution >= 4 is 28.3 Å². The molecule has 2 nitrogen and oxygen atoms in total. The van der Waals surface area contributed by atoms with Crippen LogP contribution in [0.25, 0.3) is 10.9 Å². The molecular formula is C13H14ClNO. The second-order valence-corrected chi connectivity index (χ2v) is 4.65. The van der Waals surface area contributed by atoms with Crippen molar-refractivity contribution in [2.24, 2.45) is 5.92 Å². The number of ketones is 1. The third-order valence-electron chi connectivity index (χ3n) is 2.71. The van der Waals surface area contributed by atoms with E-state index < -0.39 is 0 Å². The molecule has 0 saturated heterocycles. The molecule has 0 N–H and O–H groups in total. The first-order valence-corrected chi connectivity index (χ1v) is 5.73. The number of para-hydroxylation sites is 1. The van der Waals surface area contributed by atoms with Crippen molar-refractivity contribution in [2.75, 3.05) is 0 Å². The van der Waals surface area contributed by atoms with Gasteiger partial charge in [0.15, 0.2) is 5.78 Å². The van der Waals surface area contributed by atoms with Gasteiger partial charge in [0.05, 0.1) is 11.6 Å². The van der Waals surface area contributed by atoms with Crippen LogP contribution in [0.3, 0.4) is 0 Å². The Morgan fingerprint density at radius 2 is 2.06 bits per heavy atom. The van der Waals surface area contributed by atoms with Crippen LogP contribution in [0.5, 0.6) is 0 Å². The number of benzene rings is 1. The molecule has 0 saturated carbocycles. The van der Waals surface area contributed by atoms with Crippen molar-refractivity contribution in [1.29, 1.82) is 0 Å². The summed E-state index contributed by atoms with van der Waals surface area (Å²) in [5.74, 6) is 0.275. The van der Waals surface area contributed by atoms with E-state index >= 15 is 0 Å². The van der Waals surface area contributed by atoms with Crippen molar-refractivity contribution in [2.45, 2.75) is 20.4 Å². The van der Waals surface area contributed by atoms with E-state index in [0.29, 0.717) is 11.6 Å². The second-order valence-electron chi connectivity index (χ2n) is 4.24. The van der Waals surface area contributed by atoms with Crippen LogP contribution in [0, 0.1) is 5.92 Å². The lowest BCUT2D eigenvalue weighted by Gasteiger charge is -2.06. The molecule has 0 atom stereocenters. The summed E-state index contributed by atoms with van der Waals surface area (Å²) >= 11 is 6.11. The number of carbonyl (C=O) groups is 1. The van der Waals surface area contributed by atoms with Crippen LogP contribution in [-0.4, -0.2) is 10.4 Å². The number of Topliss-reactive ketones (excluding diaryl/α,β-unsaturated/α-hetero) is 1. The molecule has 16 heavy (non-hydrogen) atoms. The van der Waals surface area contributed by atoms with E-state index in [9.17, 15) is 4.79 Å². The van der Waals surface area contributed by atoms with E-state index in [0.717, 1.165) is 10.9 Å². The first-order chi connectivity index (χ1) is 7.59. The Hall–Kier alpha value is -1.28. The largest absolute Gasteiger partial charge is 0.338 e. The fourth-order valence-corrected chi connectivity index (χ4v) is 1.96. The van der Waals surface area contributed by atoms with E-state index in [1.807, 2.05) is 48.9 Å². The highest BCUT2D eigenvalue weighted by Crippen LogP contribution is 2.25. The predicted octanol–water partition coefficient (Wildman–Crippen LogP) is 3.52. The number of aromatic nitrogens is 1. The number of halogens is 1. The van der Waals surface area contributed by atoms with Crippen molar-refractivity contribution < 1.29 is 4.79 Å². The van der Waals surface area contributed by atoms with Gasteiger partial charge in [0.1, 0.15) is 0 Å². The number of hydrogen-bond donors (Lipinski definition) is 0. The van der Waals surface area contributed by atoms with E-state index in [1.54, 1.807) is 0 Å². The molecule has 0 unspecified atom stereocenters. The molecule has 3 heteroatoms. The highest BCUT2D eigenvalue weighted by molar-refractivity contribution is 6.35. The summed E-state index contributed by atoms with van der Waals surface area (Å²) in [5.41, 5.74) is 1.02. The summed E-state index contributed by atoms with van der Waals surface area (Å²) in [5, 5.41) is 1.70. The standard InChI is InChI=1S/C13H14ClNO/c1-9(2)13(16)8-15-7-11(14)10-5-3-4-6-12(10)15/h3-7,9H,8H2,1-2H3. The molecule has 0 aliphatic heterocycles. The van der Waals surface area contributed by atoms with Gasteiger partial charge in [-0.3, -0.25) is 4.79 Å². The zero-order valence-electron chi connectivity index (χ0n) is 9.40. The van der Waals surface area contributed by atoms with Crippen LogP contribution in [-0.2, 0) is 11.3 Å². The highest BCUT2D eigenvalue weighted by Gasteiger charge is 2.11. The van der Waals surface area contributed by atoms with Crippen LogP contribution >= 0.6 is 11.6 Å². The molecule has 0 bridgehead atoms. The third-order valence-corrected chi connectivity index (χ3v) is 3.01. The fourth-order valence-electron chi connectivity index (χ4n) is 1.68. The second kappa shape index (κ2) is 4.30. The van der Waals surface area contributed by atoms with Crippen LogP contribution in [0.2, 0.25) is 5.02 Å². The maximum atomic E-state index is 11.7. The number of fused-ring (bicyclic) bond motifs is 1. The van der Waals surface area contributed by atoms with Gasteiger partial charge in [0.2, 0.25) is 0 Å². The van der Waals surface area contributed by atoms with Gasteiger partial charge in [-0.1, -0.05) is 43.6 Å². The molecule has 0 amide bonds. The molecule has 0 aliphatic rings. The maximum Gasteiger partial charge on any atom is 0.155 e. The molecular weight excluding hydrogens is 222 g/mol. The molecule has 1 heterocycles. The lowest BCUT2D eigenvalue weighted by atomic mass is 10.1. The average molecular weight is 236 g/mol. The summed E-state index contributed by atoms with van der Waals surface area (Å²) < 4.78 is 1.92. The van der Waals surface area contributed by atoms with Gasteiger partial charge in [0.25, 0.3) is 0 Å². The van der Waals surface area contributed by atoms with Crippen molar-refractivity contribution in [1.82, 2.24) is 4.57 Å². The number of rotatable bonds is 3. The van der Waals surface area contributed by atoms with Crippen LogP contribution in [0.4, 0.5) is 0 Å². The lowest BCUT2D eigenvalue weighted by Crippen LogP contribution is -2.14. The Morgan fingerprint density at radius 1 is 1.38 bits per heavy atom. The smallest absolute Gasteiger partial charge is 0.155 e. The maximum absolute atomic E-state index is 11.7. The van der Waals surface area contributed by atoms with Crippen molar-refractivity contribution in [3.05, 3.63) is 35.5 Å². The fraction of sp³-hybridized carbons (Fsp3) is 0.308. The van der Waals surface area contributed by atoms with Crippen LogP contribution < -0.4 is 0 Å². The summed E-state index contributed by atoms with van der Waals surface area (Å²) in [6.45, 7) is 4.22.